The number of hydrogen-bond donors (Lipinski definition) is 1. The molecule has 1 rings (SSSR count). The lowest BCUT2D eigenvalue weighted by molar-refractivity contribution is 0.113. The minimum atomic E-state index is -3.00. The molecule has 0 unspecified atom stereocenters. The van der Waals surface area contributed by atoms with Crippen LogP contribution in [0.15, 0.2) is 16.6 Å². The first-order valence-corrected chi connectivity index (χ1v) is 4.41. The predicted molar refractivity (Wildman–Crippen MR) is 54.2 cm³/mol. The summed E-state index contributed by atoms with van der Waals surface area (Å²) < 4.78 is 50.4. The van der Waals surface area contributed by atoms with Crippen LogP contribution in [0.1, 0.15) is 11.6 Å². The van der Waals surface area contributed by atoms with Gasteiger partial charge in [-0.2, -0.15) is 0 Å². The van der Waals surface area contributed by atoms with Crippen LogP contribution in [0.25, 0.3) is 0 Å². The zero-order chi connectivity index (χ0) is 10.9. The van der Waals surface area contributed by atoms with Crippen molar-refractivity contribution in [2.75, 3.05) is 0 Å². The minimum absolute atomic E-state index is 0. The lowest BCUT2D eigenvalue weighted by Gasteiger charge is -2.12. The van der Waals surface area contributed by atoms with Crippen molar-refractivity contribution < 1.29 is 17.6 Å². The van der Waals surface area contributed by atoms with Crippen molar-refractivity contribution in [2.24, 2.45) is 5.73 Å². The molecule has 0 radical (unpaired) electrons. The van der Waals surface area contributed by atoms with E-state index in [4.69, 9.17) is 5.73 Å². The predicted octanol–water partition coefficient (Wildman–Crippen LogP) is 3.41. The SMILES string of the molecule is Cl.N[C@@H](c1c(F)cc(Br)cc1F)C(F)F. The highest BCUT2D eigenvalue weighted by Gasteiger charge is 2.24. The molecule has 7 heteroatoms. The fourth-order valence-corrected chi connectivity index (χ4v) is 1.40. The number of hydrogen-bond acceptors (Lipinski definition) is 1. The Morgan fingerprint density at radius 2 is 1.53 bits per heavy atom. The number of nitrogens with two attached hydrogens (primary N) is 1. The molecule has 0 aliphatic carbocycles. The monoisotopic (exact) mass is 307 g/mol. The molecule has 0 aliphatic heterocycles. The Labute approximate surface area is 98.2 Å². The molecule has 0 saturated heterocycles. The summed E-state index contributed by atoms with van der Waals surface area (Å²) in [6.45, 7) is 0. The third-order valence-corrected chi connectivity index (χ3v) is 2.11. The Bertz CT molecular complexity index is 324. The molecule has 86 valence electrons. The van der Waals surface area contributed by atoms with Gasteiger partial charge in [0, 0.05) is 10.0 Å². The molecule has 0 bridgehead atoms. The molecule has 0 fully saturated rings. The second kappa shape index (κ2) is 5.67. The summed E-state index contributed by atoms with van der Waals surface area (Å²) in [5.41, 5.74) is 4.16. The summed E-state index contributed by atoms with van der Waals surface area (Å²) in [5.74, 6) is -2.16. The molecule has 0 spiro atoms. The van der Waals surface area contributed by atoms with Crippen LogP contribution in [-0.4, -0.2) is 6.43 Å². The normalized spacial score (nSPS) is 12.5. The fourth-order valence-electron chi connectivity index (χ4n) is 0.998. The average molecular weight is 308 g/mol. The Morgan fingerprint density at radius 1 is 1.13 bits per heavy atom. The van der Waals surface area contributed by atoms with E-state index in [0.29, 0.717) is 0 Å². The van der Waals surface area contributed by atoms with Gasteiger partial charge in [-0.15, -0.1) is 12.4 Å². The molecule has 0 heterocycles. The summed E-state index contributed by atoms with van der Waals surface area (Å²) in [7, 11) is 0. The Balaban J connectivity index is 0.00000196. The van der Waals surface area contributed by atoms with E-state index >= 15 is 0 Å². The van der Waals surface area contributed by atoms with Gasteiger partial charge in [0.2, 0.25) is 0 Å². The van der Waals surface area contributed by atoms with Gasteiger partial charge in [-0.25, -0.2) is 17.6 Å². The lowest BCUT2D eigenvalue weighted by atomic mass is 10.1. The highest BCUT2D eigenvalue weighted by atomic mass is 79.9. The molecule has 1 nitrogen and oxygen atoms in total. The van der Waals surface area contributed by atoms with Crippen LogP contribution in [0, 0.1) is 11.6 Å². The number of alkyl halides is 2. The summed E-state index contributed by atoms with van der Waals surface area (Å²) in [5, 5.41) is 0. The molecule has 0 amide bonds. The summed E-state index contributed by atoms with van der Waals surface area (Å²) in [6, 6.07) is -0.163. The van der Waals surface area contributed by atoms with Crippen LogP contribution < -0.4 is 5.73 Å². The van der Waals surface area contributed by atoms with Crippen molar-refractivity contribution in [3.63, 3.8) is 0 Å². The van der Waals surface area contributed by atoms with Crippen molar-refractivity contribution in [3.8, 4) is 0 Å². The first kappa shape index (κ1) is 14.7. The second-order valence-electron chi connectivity index (χ2n) is 2.64. The molecule has 2 N–H and O–H groups in total. The van der Waals surface area contributed by atoms with E-state index in [9.17, 15) is 17.6 Å². The molecule has 15 heavy (non-hydrogen) atoms. The quantitative estimate of drug-likeness (QED) is 0.833. The van der Waals surface area contributed by atoms with Gasteiger partial charge in [-0.1, -0.05) is 15.9 Å². The minimum Gasteiger partial charge on any atom is -0.319 e. The van der Waals surface area contributed by atoms with Crippen molar-refractivity contribution in [3.05, 3.63) is 33.8 Å². The fraction of sp³-hybridized carbons (Fsp3) is 0.250. The van der Waals surface area contributed by atoms with Crippen LogP contribution in [0.3, 0.4) is 0 Å². The maximum absolute atomic E-state index is 13.0. The van der Waals surface area contributed by atoms with Gasteiger partial charge >= 0.3 is 0 Å². The smallest absolute Gasteiger partial charge is 0.257 e. The van der Waals surface area contributed by atoms with Crippen molar-refractivity contribution in [1.29, 1.82) is 0 Å². The highest BCUT2D eigenvalue weighted by Crippen LogP contribution is 2.26. The third kappa shape index (κ3) is 3.32. The van der Waals surface area contributed by atoms with Gasteiger partial charge < -0.3 is 5.73 Å². The number of halogens is 6. The standard InChI is InChI=1S/C8H6BrF4N.ClH/c9-3-1-4(10)6(5(11)2-3)7(14)8(12)13;/h1-2,7-8H,14H2;1H/t7-;/m0./s1. The van der Waals surface area contributed by atoms with E-state index in [1.807, 2.05) is 0 Å². The molecule has 1 aromatic carbocycles. The van der Waals surface area contributed by atoms with Crippen LogP contribution in [0.4, 0.5) is 17.6 Å². The summed E-state index contributed by atoms with van der Waals surface area (Å²) >= 11 is 2.82. The molecule has 1 aromatic rings. The first-order chi connectivity index (χ1) is 6.43. The van der Waals surface area contributed by atoms with Gasteiger partial charge in [0.25, 0.3) is 6.43 Å². The maximum Gasteiger partial charge on any atom is 0.257 e. The Morgan fingerprint density at radius 3 is 1.87 bits per heavy atom. The molecule has 0 aliphatic rings. The Kier molecular flexibility index (Phi) is 5.55. The highest BCUT2D eigenvalue weighted by molar-refractivity contribution is 9.10. The van der Waals surface area contributed by atoms with Crippen LogP contribution >= 0.6 is 28.3 Å². The van der Waals surface area contributed by atoms with E-state index in [-0.39, 0.29) is 16.9 Å². The van der Waals surface area contributed by atoms with Gasteiger partial charge in [-0.05, 0) is 12.1 Å². The van der Waals surface area contributed by atoms with Gasteiger partial charge in [0.05, 0.1) is 6.04 Å². The Hall–Kier alpha value is -0.330. The van der Waals surface area contributed by atoms with Crippen molar-refractivity contribution in [2.45, 2.75) is 12.5 Å². The zero-order valence-corrected chi connectivity index (χ0v) is 9.59. The van der Waals surface area contributed by atoms with E-state index in [1.54, 1.807) is 0 Å². The van der Waals surface area contributed by atoms with E-state index in [2.05, 4.69) is 15.9 Å². The maximum atomic E-state index is 13.0. The largest absolute Gasteiger partial charge is 0.319 e. The van der Waals surface area contributed by atoms with Crippen LogP contribution in [0.2, 0.25) is 0 Å². The zero-order valence-electron chi connectivity index (χ0n) is 7.18. The topological polar surface area (TPSA) is 26.0 Å². The van der Waals surface area contributed by atoms with E-state index in [1.165, 1.54) is 0 Å². The molecular formula is C8H7BrClF4N. The lowest BCUT2D eigenvalue weighted by Crippen LogP contribution is -2.21. The molecular weight excluding hydrogens is 301 g/mol. The first-order valence-electron chi connectivity index (χ1n) is 3.61. The van der Waals surface area contributed by atoms with E-state index < -0.39 is 29.7 Å². The molecule has 0 saturated carbocycles. The van der Waals surface area contributed by atoms with Crippen LogP contribution in [-0.2, 0) is 0 Å². The summed E-state index contributed by atoms with van der Waals surface area (Å²) in [6.07, 6.45) is -3.00. The molecule has 1 atom stereocenters. The second-order valence-corrected chi connectivity index (χ2v) is 3.56. The molecule has 0 aromatic heterocycles. The van der Waals surface area contributed by atoms with Gasteiger partial charge in [0.1, 0.15) is 11.6 Å². The van der Waals surface area contributed by atoms with Gasteiger partial charge in [0.15, 0.2) is 0 Å². The average Bonchev–Trinajstić information content (AvgIpc) is 2.01. The van der Waals surface area contributed by atoms with Crippen LogP contribution in [0.5, 0.6) is 0 Å². The number of benzene rings is 1. The van der Waals surface area contributed by atoms with E-state index in [0.717, 1.165) is 12.1 Å². The van der Waals surface area contributed by atoms with Crippen molar-refractivity contribution >= 4 is 28.3 Å². The third-order valence-electron chi connectivity index (χ3n) is 1.65. The van der Waals surface area contributed by atoms with Gasteiger partial charge in [-0.3, -0.25) is 0 Å². The summed E-state index contributed by atoms with van der Waals surface area (Å²) in [4.78, 5) is 0. The number of rotatable bonds is 2. The van der Waals surface area contributed by atoms with Crippen molar-refractivity contribution in [1.82, 2.24) is 0 Å².